The number of nitrogens with one attached hydrogen (secondary N) is 2. The van der Waals surface area contributed by atoms with Gasteiger partial charge in [0.25, 0.3) is 15.9 Å². The third-order valence-electron chi connectivity index (χ3n) is 3.79. The van der Waals surface area contributed by atoms with Gasteiger partial charge in [0, 0.05) is 6.07 Å². The summed E-state index contributed by atoms with van der Waals surface area (Å²) in [6.07, 6.45) is 0. The van der Waals surface area contributed by atoms with Gasteiger partial charge in [0.1, 0.15) is 17.5 Å². The van der Waals surface area contributed by atoms with Crippen LogP contribution in [0.5, 0.6) is 0 Å². The predicted molar refractivity (Wildman–Crippen MR) is 103 cm³/mol. The maximum Gasteiger partial charge on any atom is 0.262 e. The molecule has 150 valence electrons. The molecule has 0 bridgehead atoms. The Kier molecular flexibility index (Phi) is 5.81. The molecule has 0 aliphatic carbocycles. The predicted octanol–water partition coefficient (Wildman–Crippen LogP) is 4.81. The van der Waals surface area contributed by atoms with Crippen LogP contribution in [-0.2, 0) is 10.0 Å². The summed E-state index contributed by atoms with van der Waals surface area (Å²) in [5.74, 6) is -3.72. The summed E-state index contributed by atoms with van der Waals surface area (Å²) < 4.78 is 67.6. The lowest BCUT2D eigenvalue weighted by atomic mass is 10.2. The maximum absolute atomic E-state index is 14.4. The van der Waals surface area contributed by atoms with Gasteiger partial charge in [-0.2, -0.15) is 0 Å². The third-order valence-corrected chi connectivity index (χ3v) is 5.49. The van der Waals surface area contributed by atoms with Crippen molar-refractivity contribution in [3.05, 3.63) is 88.7 Å². The molecule has 0 saturated carbocycles. The Morgan fingerprint density at radius 3 is 2.17 bits per heavy atom. The summed E-state index contributed by atoms with van der Waals surface area (Å²) in [5, 5.41) is 2.46. The molecule has 5 nitrogen and oxygen atoms in total. The molecule has 3 rings (SSSR count). The van der Waals surface area contributed by atoms with Gasteiger partial charge in [0.15, 0.2) is 0 Å². The molecule has 0 aliphatic heterocycles. The normalized spacial score (nSPS) is 11.2. The fourth-order valence-electron chi connectivity index (χ4n) is 2.38. The van der Waals surface area contributed by atoms with Crippen molar-refractivity contribution in [1.29, 1.82) is 0 Å². The van der Waals surface area contributed by atoms with Gasteiger partial charge in [0.2, 0.25) is 0 Å². The summed E-state index contributed by atoms with van der Waals surface area (Å²) in [4.78, 5) is 11.7. The van der Waals surface area contributed by atoms with Gasteiger partial charge >= 0.3 is 0 Å². The van der Waals surface area contributed by atoms with E-state index in [9.17, 15) is 26.4 Å². The number of rotatable bonds is 5. The Morgan fingerprint density at radius 2 is 1.52 bits per heavy atom. The second kappa shape index (κ2) is 8.14. The van der Waals surface area contributed by atoms with E-state index in [0.717, 1.165) is 24.3 Å². The molecule has 0 radical (unpaired) electrons. The van der Waals surface area contributed by atoms with Gasteiger partial charge in [-0.15, -0.1) is 0 Å². The van der Waals surface area contributed by atoms with Crippen molar-refractivity contribution in [3.8, 4) is 0 Å². The number of carbonyl (C=O) groups excluding carboxylic acids is 1. The first-order valence-corrected chi connectivity index (χ1v) is 9.87. The zero-order valence-corrected chi connectivity index (χ0v) is 16.0. The summed E-state index contributed by atoms with van der Waals surface area (Å²) in [6.45, 7) is 0. The van der Waals surface area contributed by atoms with Crippen LogP contribution in [0.2, 0.25) is 5.02 Å². The van der Waals surface area contributed by atoms with Gasteiger partial charge in [0.05, 0.1) is 26.9 Å². The highest BCUT2D eigenvalue weighted by atomic mass is 35.5. The summed E-state index contributed by atoms with van der Waals surface area (Å²) in [5.41, 5.74) is -0.663. The number of hydrogen-bond acceptors (Lipinski definition) is 3. The molecular weight excluding hydrogens is 429 g/mol. The van der Waals surface area contributed by atoms with Gasteiger partial charge in [-0.05, 0) is 42.5 Å². The van der Waals surface area contributed by atoms with Crippen molar-refractivity contribution in [2.45, 2.75) is 4.90 Å². The van der Waals surface area contributed by atoms with Crippen LogP contribution in [0.15, 0.2) is 65.6 Å². The summed E-state index contributed by atoms with van der Waals surface area (Å²) in [6, 6.07) is 11.1. The van der Waals surface area contributed by atoms with Crippen LogP contribution < -0.4 is 10.0 Å². The number of halogens is 4. The zero-order chi connectivity index (χ0) is 21.2. The van der Waals surface area contributed by atoms with Crippen LogP contribution in [0.25, 0.3) is 0 Å². The van der Waals surface area contributed by atoms with Gasteiger partial charge in [-0.25, -0.2) is 21.6 Å². The minimum atomic E-state index is -4.36. The molecule has 0 atom stereocenters. The molecule has 0 heterocycles. The van der Waals surface area contributed by atoms with Crippen molar-refractivity contribution in [1.82, 2.24) is 0 Å². The van der Waals surface area contributed by atoms with E-state index in [-0.39, 0.29) is 16.3 Å². The van der Waals surface area contributed by atoms with Crippen LogP contribution >= 0.6 is 11.6 Å². The largest absolute Gasteiger partial charge is 0.319 e. The Labute approximate surface area is 169 Å². The van der Waals surface area contributed by atoms with Crippen molar-refractivity contribution >= 4 is 38.9 Å². The number of carbonyl (C=O) groups is 1. The SMILES string of the molecule is O=C(Nc1ccc(S(=O)(=O)Nc2ccc(F)cc2F)cc1F)c1ccccc1Cl. The second-order valence-electron chi connectivity index (χ2n) is 5.81. The van der Waals surface area contributed by atoms with Gasteiger partial charge in [-0.1, -0.05) is 23.7 Å². The second-order valence-corrected chi connectivity index (χ2v) is 7.89. The lowest BCUT2D eigenvalue weighted by Gasteiger charge is -2.11. The highest BCUT2D eigenvalue weighted by Gasteiger charge is 2.20. The Bertz CT molecular complexity index is 1200. The molecule has 0 saturated heterocycles. The lowest BCUT2D eigenvalue weighted by Crippen LogP contribution is -2.16. The fourth-order valence-corrected chi connectivity index (χ4v) is 3.68. The first kappa shape index (κ1) is 20.7. The van der Waals surface area contributed by atoms with E-state index < -0.39 is 44.0 Å². The Morgan fingerprint density at radius 1 is 0.862 bits per heavy atom. The number of hydrogen-bond donors (Lipinski definition) is 2. The van der Waals surface area contributed by atoms with E-state index >= 15 is 0 Å². The molecule has 0 unspecified atom stereocenters. The Balaban J connectivity index is 1.83. The summed E-state index contributed by atoms with van der Waals surface area (Å²) >= 11 is 5.91. The molecular formula is C19H12ClF3N2O3S. The molecule has 0 fully saturated rings. The molecule has 1 amide bonds. The quantitative estimate of drug-likeness (QED) is 0.597. The van der Waals surface area contributed by atoms with E-state index in [1.165, 1.54) is 12.1 Å². The average Bonchev–Trinajstić information content (AvgIpc) is 2.66. The van der Waals surface area contributed by atoms with E-state index in [4.69, 9.17) is 11.6 Å². The zero-order valence-electron chi connectivity index (χ0n) is 14.4. The van der Waals surface area contributed by atoms with Crippen molar-refractivity contribution in [3.63, 3.8) is 0 Å². The maximum atomic E-state index is 14.4. The minimum Gasteiger partial charge on any atom is -0.319 e. The van der Waals surface area contributed by atoms with E-state index in [1.807, 2.05) is 4.72 Å². The molecule has 0 aromatic heterocycles. The van der Waals surface area contributed by atoms with E-state index in [2.05, 4.69) is 5.32 Å². The van der Waals surface area contributed by atoms with Crippen molar-refractivity contribution < 1.29 is 26.4 Å². The number of amides is 1. The molecule has 3 aromatic carbocycles. The van der Waals surface area contributed by atoms with Gasteiger partial charge < -0.3 is 5.32 Å². The van der Waals surface area contributed by atoms with Crippen molar-refractivity contribution in [2.24, 2.45) is 0 Å². The number of sulfonamides is 1. The molecule has 0 spiro atoms. The first-order valence-electron chi connectivity index (χ1n) is 8.01. The highest BCUT2D eigenvalue weighted by molar-refractivity contribution is 7.92. The highest BCUT2D eigenvalue weighted by Crippen LogP contribution is 2.24. The van der Waals surface area contributed by atoms with Crippen molar-refractivity contribution in [2.75, 3.05) is 10.0 Å². The molecule has 29 heavy (non-hydrogen) atoms. The minimum absolute atomic E-state index is 0.110. The third kappa shape index (κ3) is 4.69. The topological polar surface area (TPSA) is 75.3 Å². The number of benzene rings is 3. The monoisotopic (exact) mass is 440 g/mol. The molecule has 0 aliphatic rings. The Hall–Kier alpha value is -3.04. The van der Waals surface area contributed by atoms with E-state index in [0.29, 0.717) is 12.1 Å². The molecule has 2 N–H and O–H groups in total. The average molecular weight is 441 g/mol. The number of anilines is 2. The van der Waals surface area contributed by atoms with Crippen LogP contribution in [0.3, 0.4) is 0 Å². The molecule has 3 aromatic rings. The standard InChI is InChI=1S/C19H12ClF3N2O3S/c20-14-4-2-1-3-13(14)19(26)24-17-8-6-12(10-16(17)23)29(27,28)25-18-7-5-11(21)9-15(18)22/h1-10,25H,(H,24,26). The van der Waals surface area contributed by atoms with E-state index in [1.54, 1.807) is 12.1 Å². The summed E-state index contributed by atoms with van der Waals surface area (Å²) in [7, 11) is -4.36. The van der Waals surface area contributed by atoms with Crippen LogP contribution in [-0.4, -0.2) is 14.3 Å². The lowest BCUT2D eigenvalue weighted by molar-refractivity contribution is 0.102. The van der Waals surface area contributed by atoms with Crippen LogP contribution in [0.1, 0.15) is 10.4 Å². The smallest absolute Gasteiger partial charge is 0.262 e. The van der Waals surface area contributed by atoms with Crippen LogP contribution in [0.4, 0.5) is 24.5 Å². The molecule has 10 heteroatoms. The first-order chi connectivity index (χ1) is 13.7. The van der Waals surface area contributed by atoms with Gasteiger partial charge in [-0.3, -0.25) is 9.52 Å². The fraction of sp³-hybridized carbons (Fsp3) is 0. The van der Waals surface area contributed by atoms with Crippen LogP contribution in [0, 0.1) is 17.5 Å².